The maximum absolute atomic E-state index is 12.9. The van der Waals surface area contributed by atoms with E-state index < -0.39 is 49.5 Å². The fourth-order valence-corrected chi connectivity index (χ4v) is 7.44. The predicted molar refractivity (Wildman–Crippen MR) is 230 cm³/mol. The van der Waals surface area contributed by atoms with Crippen molar-refractivity contribution in [1.29, 1.82) is 0 Å². The standard InChI is InChI=1S/C47H89NO8/c1-3-5-7-9-11-13-15-17-19-20-21-23-24-26-28-30-32-34-36-41(50)40(39-55-47-46(54)45(53)44(52)42(38-49)56-47)48-43(51)37-35-33-31-29-27-25-22-18-16-14-12-10-8-6-4-2/h14,16,34,36,40-42,44-47,49-50,52-54H,3-13,15,17-33,35,37-39H2,1-2H3,(H,48,51)/b16-14-,36-34+. The van der Waals surface area contributed by atoms with Gasteiger partial charge in [0.1, 0.15) is 24.4 Å². The van der Waals surface area contributed by atoms with E-state index in [1.807, 2.05) is 6.08 Å². The molecule has 1 saturated heterocycles. The van der Waals surface area contributed by atoms with Crippen molar-refractivity contribution in [2.75, 3.05) is 13.2 Å². The van der Waals surface area contributed by atoms with Gasteiger partial charge in [0.2, 0.25) is 5.91 Å². The molecule has 0 aromatic heterocycles. The summed E-state index contributed by atoms with van der Waals surface area (Å²) in [7, 11) is 0. The molecule has 1 rings (SSSR count). The summed E-state index contributed by atoms with van der Waals surface area (Å²) in [4.78, 5) is 12.9. The smallest absolute Gasteiger partial charge is 0.220 e. The molecule has 1 heterocycles. The number of carbonyl (C=O) groups excluding carboxylic acids is 1. The SMILES string of the molecule is CCCCCC/C=C\CCCCCCCCCC(=O)NC(COC1OC(CO)C(O)C(O)C1O)C(O)/C=C/CCCCCCCCCCCCCCCCCC. The highest BCUT2D eigenvalue weighted by Gasteiger charge is 2.44. The highest BCUT2D eigenvalue weighted by atomic mass is 16.7. The van der Waals surface area contributed by atoms with E-state index in [1.54, 1.807) is 6.08 Å². The average Bonchev–Trinajstić information content (AvgIpc) is 3.20. The van der Waals surface area contributed by atoms with Crippen LogP contribution < -0.4 is 5.32 Å². The number of aliphatic hydroxyl groups is 5. The Bertz CT molecular complexity index is 930. The van der Waals surface area contributed by atoms with E-state index in [0.717, 1.165) is 44.9 Å². The van der Waals surface area contributed by atoms with E-state index in [0.29, 0.717) is 6.42 Å². The minimum Gasteiger partial charge on any atom is -0.394 e. The Morgan fingerprint density at radius 1 is 0.589 bits per heavy atom. The van der Waals surface area contributed by atoms with Crippen LogP contribution in [0.15, 0.2) is 24.3 Å². The van der Waals surface area contributed by atoms with E-state index in [4.69, 9.17) is 9.47 Å². The highest BCUT2D eigenvalue weighted by molar-refractivity contribution is 5.76. The molecular formula is C47H89NO8. The van der Waals surface area contributed by atoms with Crippen molar-refractivity contribution in [2.45, 2.75) is 256 Å². The first-order valence-corrected chi connectivity index (χ1v) is 23.6. The summed E-state index contributed by atoms with van der Waals surface area (Å²) in [5, 5.41) is 54.2. The van der Waals surface area contributed by atoms with Gasteiger partial charge in [0.05, 0.1) is 25.4 Å². The van der Waals surface area contributed by atoms with Crippen LogP contribution in [-0.2, 0) is 14.3 Å². The quantitative estimate of drug-likeness (QED) is 0.0266. The van der Waals surface area contributed by atoms with E-state index in [9.17, 15) is 30.3 Å². The lowest BCUT2D eigenvalue weighted by molar-refractivity contribution is -0.302. The van der Waals surface area contributed by atoms with Crippen molar-refractivity contribution in [3.05, 3.63) is 24.3 Å². The molecule has 0 aromatic rings. The molecule has 1 amide bonds. The summed E-state index contributed by atoms with van der Waals surface area (Å²) >= 11 is 0. The third kappa shape index (κ3) is 28.2. The van der Waals surface area contributed by atoms with Crippen LogP contribution in [0.2, 0.25) is 0 Å². The van der Waals surface area contributed by atoms with Crippen LogP contribution in [0, 0.1) is 0 Å². The number of carbonyl (C=O) groups is 1. The maximum atomic E-state index is 12.9. The molecule has 6 N–H and O–H groups in total. The summed E-state index contributed by atoms with van der Waals surface area (Å²) < 4.78 is 11.2. The molecule has 0 radical (unpaired) electrons. The number of aliphatic hydroxyl groups excluding tert-OH is 5. The largest absolute Gasteiger partial charge is 0.394 e. The molecule has 9 heteroatoms. The lowest BCUT2D eigenvalue weighted by Crippen LogP contribution is -2.60. The number of nitrogens with one attached hydrogen (secondary N) is 1. The first kappa shape index (κ1) is 52.7. The third-order valence-electron chi connectivity index (χ3n) is 11.3. The molecule has 1 aliphatic rings. The van der Waals surface area contributed by atoms with Crippen molar-refractivity contribution < 1.29 is 39.8 Å². The summed E-state index contributed by atoms with van der Waals surface area (Å²) in [5.74, 6) is -0.181. The zero-order valence-corrected chi connectivity index (χ0v) is 36.1. The molecule has 9 nitrogen and oxygen atoms in total. The Morgan fingerprint density at radius 2 is 1.00 bits per heavy atom. The van der Waals surface area contributed by atoms with Crippen molar-refractivity contribution >= 4 is 5.91 Å². The van der Waals surface area contributed by atoms with Crippen LogP contribution in [0.4, 0.5) is 0 Å². The Labute approximate surface area is 343 Å². The van der Waals surface area contributed by atoms with Gasteiger partial charge in [-0.1, -0.05) is 186 Å². The third-order valence-corrected chi connectivity index (χ3v) is 11.3. The first-order chi connectivity index (χ1) is 27.3. The summed E-state index contributed by atoms with van der Waals surface area (Å²) in [5.41, 5.74) is 0. The second-order valence-corrected chi connectivity index (χ2v) is 16.5. The second kappa shape index (κ2) is 37.9. The minimum atomic E-state index is -1.56. The van der Waals surface area contributed by atoms with Crippen LogP contribution in [0.3, 0.4) is 0 Å². The highest BCUT2D eigenvalue weighted by Crippen LogP contribution is 2.23. The Balaban J connectivity index is 2.35. The number of unbranched alkanes of at least 4 members (excludes halogenated alkanes) is 27. The van der Waals surface area contributed by atoms with Crippen molar-refractivity contribution in [1.82, 2.24) is 5.32 Å². The van der Waals surface area contributed by atoms with Gasteiger partial charge in [-0.05, 0) is 44.9 Å². The number of hydrogen-bond donors (Lipinski definition) is 6. The van der Waals surface area contributed by atoms with Crippen LogP contribution in [0.25, 0.3) is 0 Å². The first-order valence-electron chi connectivity index (χ1n) is 23.6. The predicted octanol–water partition coefficient (Wildman–Crippen LogP) is 9.89. The van der Waals surface area contributed by atoms with Crippen molar-refractivity contribution in [2.24, 2.45) is 0 Å². The normalized spacial score (nSPS) is 21.3. The van der Waals surface area contributed by atoms with Crippen molar-refractivity contribution in [3.63, 3.8) is 0 Å². The number of ether oxygens (including phenoxy) is 2. The zero-order valence-electron chi connectivity index (χ0n) is 36.1. The molecule has 0 aliphatic carbocycles. The fraction of sp³-hybridized carbons (Fsp3) is 0.894. The summed E-state index contributed by atoms with van der Waals surface area (Å²) in [6, 6.07) is -0.803. The minimum absolute atomic E-state index is 0.181. The molecule has 1 fully saturated rings. The van der Waals surface area contributed by atoms with E-state index in [-0.39, 0.29) is 12.5 Å². The van der Waals surface area contributed by atoms with Gasteiger partial charge in [-0.15, -0.1) is 0 Å². The molecule has 330 valence electrons. The molecule has 7 atom stereocenters. The molecule has 7 unspecified atom stereocenters. The summed E-state index contributed by atoms with van der Waals surface area (Å²) in [6.45, 7) is 3.76. The lowest BCUT2D eigenvalue weighted by atomic mass is 9.99. The van der Waals surface area contributed by atoms with Gasteiger partial charge >= 0.3 is 0 Å². The zero-order chi connectivity index (χ0) is 40.9. The number of amides is 1. The number of hydrogen-bond acceptors (Lipinski definition) is 8. The molecule has 0 saturated carbocycles. The van der Waals surface area contributed by atoms with E-state index in [2.05, 4.69) is 31.3 Å². The monoisotopic (exact) mass is 796 g/mol. The molecule has 0 aromatic carbocycles. The Hall–Kier alpha value is -1.33. The molecular weight excluding hydrogens is 707 g/mol. The van der Waals surface area contributed by atoms with Crippen LogP contribution in [-0.4, -0.2) is 87.5 Å². The van der Waals surface area contributed by atoms with E-state index in [1.165, 1.54) is 148 Å². The molecule has 1 aliphatic heterocycles. The average molecular weight is 796 g/mol. The van der Waals surface area contributed by atoms with Gasteiger partial charge in [-0.25, -0.2) is 0 Å². The van der Waals surface area contributed by atoms with Crippen LogP contribution in [0.1, 0.15) is 213 Å². The van der Waals surface area contributed by atoms with E-state index >= 15 is 0 Å². The van der Waals surface area contributed by atoms with Gasteiger partial charge in [-0.2, -0.15) is 0 Å². The molecule has 0 bridgehead atoms. The van der Waals surface area contributed by atoms with Gasteiger partial charge in [0, 0.05) is 6.42 Å². The van der Waals surface area contributed by atoms with Gasteiger partial charge in [0.25, 0.3) is 0 Å². The fourth-order valence-electron chi connectivity index (χ4n) is 7.44. The van der Waals surface area contributed by atoms with Gasteiger partial charge < -0.3 is 40.3 Å². The lowest BCUT2D eigenvalue weighted by Gasteiger charge is -2.40. The maximum Gasteiger partial charge on any atom is 0.220 e. The van der Waals surface area contributed by atoms with Crippen molar-refractivity contribution in [3.8, 4) is 0 Å². The molecule has 0 spiro atoms. The number of rotatable bonds is 39. The second-order valence-electron chi connectivity index (χ2n) is 16.5. The Kier molecular flexibility index (Phi) is 35.7. The van der Waals surface area contributed by atoms with Gasteiger partial charge in [0.15, 0.2) is 6.29 Å². The van der Waals surface area contributed by atoms with Crippen LogP contribution in [0.5, 0.6) is 0 Å². The van der Waals surface area contributed by atoms with Crippen LogP contribution >= 0.6 is 0 Å². The number of allylic oxidation sites excluding steroid dienone is 3. The molecule has 56 heavy (non-hydrogen) atoms. The topological polar surface area (TPSA) is 149 Å². The Morgan fingerprint density at radius 3 is 1.46 bits per heavy atom. The summed E-state index contributed by atoms with van der Waals surface area (Å²) in [6.07, 6.45) is 37.9. The van der Waals surface area contributed by atoms with Gasteiger partial charge in [-0.3, -0.25) is 4.79 Å².